The number of aromatic nitrogens is 4. The molecule has 2 aliphatic rings. The Labute approximate surface area is 223 Å². The number of fused-ring (bicyclic) bond motifs is 1. The minimum absolute atomic E-state index is 0.284. The van der Waals surface area contributed by atoms with Gasteiger partial charge in [0.05, 0.1) is 18.5 Å². The van der Waals surface area contributed by atoms with Gasteiger partial charge in [0, 0.05) is 37.8 Å². The molecule has 4 aromatic rings. The first kappa shape index (κ1) is 24.6. The molecule has 1 aliphatic heterocycles. The molecule has 2 N–H and O–H groups in total. The SMILES string of the molecule is COc1cc(-c2nn([C@H]3CC[C@H](N4CCN(C)CC4)CC3)c3ncnc(N)c23)ccc1Oc1ccccc1. The zero-order valence-corrected chi connectivity index (χ0v) is 22.1. The number of piperazine rings is 1. The molecule has 3 heterocycles. The number of para-hydroxylation sites is 1. The van der Waals surface area contributed by atoms with E-state index in [2.05, 4.69) is 31.5 Å². The van der Waals surface area contributed by atoms with E-state index in [0.717, 1.165) is 67.1 Å². The van der Waals surface area contributed by atoms with Crippen LogP contribution in [0.1, 0.15) is 31.7 Å². The summed E-state index contributed by atoms with van der Waals surface area (Å²) in [5.74, 6) is 2.44. The van der Waals surface area contributed by atoms with E-state index in [-0.39, 0.29) is 6.04 Å². The van der Waals surface area contributed by atoms with Crippen LogP contribution >= 0.6 is 0 Å². The van der Waals surface area contributed by atoms with Crippen LogP contribution in [0.4, 0.5) is 5.82 Å². The highest BCUT2D eigenvalue weighted by Crippen LogP contribution is 2.40. The van der Waals surface area contributed by atoms with Crippen molar-refractivity contribution in [2.75, 3.05) is 46.1 Å². The lowest BCUT2D eigenvalue weighted by Gasteiger charge is -2.41. The number of methoxy groups -OCH3 is 1. The third kappa shape index (κ3) is 4.79. The Bertz CT molecular complexity index is 1390. The highest BCUT2D eigenvalue weighted by Gasteiger charge is 2.30. The summed E-state index contributed by atoms with van der Waals surface area (Å²) >= 11 is 0. The maximum atomic E-state index is 6.40. The van der Waals surface area contributed by atoms with Crippen molar-refractivity contribution in [3.63, 3.8) is 0 Å². The molecule has 38 heavy (non-hydrogen) atoms. The van der Waals surface area contributed by atoms with E-state index in [1.807, 2.05) is 48.5 Å². The highest BCUT2D eigenvalue weighted by molar-refractivity contribution is 5.98. The van der Waals surface area contributed by atoms with Crippen LogP contribution in [0.3, 0.4) is 0 Å². The van der Waals surface area contributed by atoms with Crippen molar-refractivity contribution < 1.29 is 9.47 Å². The van der Waals surface area contributed by atoms with Crippen molar-refractivity contribution in [2.24, 2.45) is 0 Å². The number of nitrogens with two attached hydrogens (primary N) is 1. The fourth-order valence-corrected chi connectivity index (χ4v) is 5.82. The lowest BCUT2D eigenvalue weighted by atomic mass is 9.90. The van der Waals surface area contributed by atoms with Crippen LogP contribution < -0.4 is 15.2 Å². The lowest BCUT2D eigenvalue weighted by Crippen LogP contribution is -2.49. The number of rotatable bonds is 6. The Morgan fingerprint density at radius 1 is 0.868 bits per heavy atom. The highest BCUT2D eigenvalue weighted by atomic mass is 16.5. The van der Waals surface area contributed by atoms with Gasteiger partial charge in [0.15, 0.2) is 17.1 Å². The van der Waals surface area contributed by atoms with Crippen LogP contribution in [-0.2, 0) is 0 Å². The molecule has 0 radical (unpaired) electrons. The first-order valence-corrected chi connectivity index (χ1v) is 13.4. The molecule has 6 rings (SSSR count). The summed E-state index contributed by atoms with van der Waals surface area (Å²) in [5, 5.41) is 5.88. The quantitative estimate of drug-likeness (QED) is 0.400. The number of hydrogen-bond acceptors (Lipinski definition) is 8. The average Bonchev–Trinajstić information content (AvgIpc) is 3.35. The maximum absolute atomic E-state index is 6.40. The van der Waals surface area contributed by atoms with Gasteiger partial charge in [0.1, 0.15) is 23.6 Å². The summed E-state index contributed by atoms with van der Waals surface area (Å²) < 4.78 is 13.8. The van der Waals surface area contributed by atoms with E-state index >= 15 is 0 Å². The van der Waals surface area contributed by atoms with Gasteiger partial charge in [0.25, 0.3) is 0 Å². The second kappa shape index (κ2) is 10.6. The van der Waals surface area contributed by atoms with Crippen LogP contribution in [-0.4, -0.2) is 75.9 Å². The molecule has 9 nitrogen and oxygen atoms in total. The van der Waals surface area contributed by atoms with Crippen molar-refractivity contribution in [1.82, 2.24) is 29.5 Å². The summed E-state index contributed by atoms with van der Waals surface area (Å²) in [6.07, 6.45) is 6.03. The molecule has 0 atom stereocenters. The molecule has 2 aromatic heterocycles. The van der Waals surface area contributed by atoms with Gasteiger partial charge in [-0.1, -0.05) is 18.2 Å². The Kier molecular flexibility index (Phi) is 6.86. The van der Waals surface area contributed by atoms with Gasteiger partial charge >= 0.3 is 0 Å². The lowest BCUT2D eigenvalue weighted by molar-refractivity contribution is 0.0815. The Morgan fingerprint density at radius 2 is 1.61 bits per heavy atom. The number of hydrogen-bond donors (Lipinski definition) is 1. The molecule has 0 unspecified atom stereocenters. The molecular formula is C29H35N7O2. The molecule has 0 amide bonds. The van der Waals surface area contributed by atoms with Crippen LogP contribution in [0.2, 0.25) is 0 Å². The molecule has 2 aromatic carbocycles. The van der Waals surface area contributed by atoms with Gasteiger partial charge in [-0.15, -0.1) is 0 Å². The van der Waals surface area contributed by atoms with E-state index < -0.39 is 0 Å². The molecule has 0 spiro atoms. The van der Waals surface area contributed by atoms with Gasteiger partial charge in [-0.25, -0.2) is 14.6 Å². The molecule has 2 fully saturated rings. The minimum Gasteiger partial charge on any atom is -0.493 e. The van der Waals surface area contributed by atoms with Crippen molar-refractivity contribution in [2.45, 2.75) is 37.8 Å². The number of benzene rings is 2. The summed E-state index contributed by atoms with van der Waals surface area (Å²) in [6.45, 7) is 4.64. The number of nitrogens with zero attached hydrogens (tertiary/aromatic N) is 6. The zero-order chi connectivity index (χ0) is 26.1. The number of nitrogen functional groups attached to an aromatic ring is 1. The molecule has 198 valence electrons. The maximum Gasteiger partial charge on any atom is 0.169 e. The fourth-order valence-electron chi connectivity index (χ4n) is 5.82. The number of likely N-dealkylation sites (N-methyl/N-ethyl adjacent to an activating group) is 1. The van der Waals surface area contributed by atoms with Gasteiger partial charge in [-0.2, -0.15) is 5.10 Å². The zero-order valence-electron chi connectivity index (χ0n) is 22.1. The molecule has 1 saturated carbocycles. The number of ether oxygens (including phenoxy) is 2. The molecule has 1 saturated heterocycles. The van der Waals surface area contributed by atoms with E-state index in [9.17, 15) is 0 Å². The van der Waals surface area contributed by atoms with Crippen molar-refractivity contribution in [1.29, 1.82) is 0 Å². The molecule has 0 bridgehead atoms. The second-order valence-corrected chi connectivity index (χ2v) is 10.3. The average molecular weight is 514 g/mol. The Morgan fingerprint density at radius 3 is 2.34 bits per heavy atom. The first-order valence-electron chi connectivity index (χ1n) is 13.4. The largest absolute Gasteiger partial charge is 0.493 e. The second-order valence-electron chi connectivity index (χ2n) is 10.3. The van der Waals surface area contributed by atoms with Crippen LogP contribution in [0.15, 0.2) is 54.9 Å². The Balaban J connectivity index is 1.28. The first-order chi connectivity index (χ1) is 18.6. The monoisotopic (exact) mass is 513 g/mol. The van der Waals surface area contributed by atoms with Gasteiger partial charge in [-0.3, -0.25) is 4.90 Å². The van der Waals surface area contributed by atoms with E-state index in [4.69, 9.17) is 20.3 Å². The van der Waals surface area contributed by atoms with Gasteiger partial charge < -0.3 is 20.1 Å². The number of anilines is 1. The molecular weight excluding hydrogens is 478 g/mol. The fraction of sp³-hybridized carbons (Fsp3) is 0.414. The predicted octanol–water partition coefficient (Wildman–Crippen LogP) is 4.61. The van der Waals surface area contributed by atoms with Crippen LogP contribution in [0.5, 0.6) is 17.2 Å². The van der Waals surface area contributed by atoms with Gasteiger partial charge in [0.2, 0.25) is 0 Å². The van der Waals surface area contributed by atoms with Crippen molar-refractivity contribution in [3.05, 3.63) is 54.9 Å². The van der Waals surface area contributed by atoms with E-state index in [1.54, 1.807) is 7.11 Å². The van der Waals surface area contributed by atoms with Crippen LogP contribution in [0.25, 0.3) is 22.3 Å². The standard InChI is InChI=1S/C29H35N7O2/c1-34-14-16-35(17-15-34)21-9-11-22(12-10-21)36-29-26(28(30)31-19-32-29)27(33-36)20-8-13-24(25(18-20)37-2)38-23-6-4-3-5-7-23/h3-8,13,18-19,21-22H,9-12,14-17H2,1-2H3,(H2,30,31,32)/t21-,22-. The summed E-state index contributed by atoms with van der Waals surface area (Å²) in [5.41, 5.74) is 8.85. The third-order valence-electron chi connectivity index (χ3n) is 7.99. The van der Waals surface area contributed by atoms with E-state index in [1.165, 1.54) is 19.2 Å². The summed E-state index contributed by atoms with van der Waals surface area (Å²) in [6, 6.07) is 16.5. The molecule has 9 heteroatoms. The van der Waals surface area contributed by atoms with Crippen molar-refractivity contribution >= 4 is 16.9 Å². The smallest absolute Gasteiger partial charge is 0.169 e. The van der Waals surface area contributed by atoms with Gasteiger partial charge in [-0.05, 0) is 63.1 Å². The van der Waals surface area contributed by atoms with Crippen LogP contribution in [0, 0.1) is 0 Å². The van der Waals surface area contributed by atoms with Crippen molar-refractivity contribution in [3.8, 4) is 28.5 Å². The summed E-state index contributed by atoms with van der Waals surface area (Å²) in [7, 11) is 3.85. The van der Waals surface area contributed by atoms with E-state index in [0.29, 0.717) is 23.4 Å². The molecule has 1 aliphatic carbocycles. The normalized spacial score (nSPS) is 21.0. The predicted molar refractivity (Wildman–Crippen MR) is 149 cm³/mol. The topological polar surface area (TPSA) is 94.6 Å². The summed E-state index contributed by atoms with van der Waals surface area (Å²) in [4.78, 5) is 14.0. The Hall–Kier alpha value is -3.69. The third-order valence-corrected chi connectivity index (χ3v) is 7.99. The minimum atomic E-state index is 0.284.